The molecule has 5 heteroatoms. The van der Waals surface area contributed by atoms with E-state index in [0.717, 1.165) is 0 Å². The van der Waals surface area contributed by atoms with Crippen molar-refractivity contribution in [3.05, 3.63) is 11.9 Å². The van der Waals surface area contributed by atoms with Crippen LogP contribution in [0.3, 0.4) is 0 Å². The van der Waals surface area contributed by atoms with Crippen LogP contribution < -0.4 is 0 Å². The number of hydrogen-bond donors (Lipinski definition) is 2. The van der Waals surface area contributed by atoms with Crippen molar-refractivity contribution in [3.63, 3.8) is 0 Å². The highest BCUT2D eigenvalue weighted by atomic mass is 79.9. The van der Waals surface area contributed by atoms with Crippen molar-refractivity contribution in [2.45, 2.75) is 0 Å². The minimum atomic E-state index is -4.00. The summed E-state index contributed by atoms with van der Waals surface area (Å²) in [5, 5.41) is 0.0644. The average molecular weight is 201 g/mol. The van der Waals surface area contributed by atoms with Crippen molar-refractivity contribution >= 4 is 23.5 Å². The van der Waals surface area contributed by atoms with Gasteiger partial charge in [-0.1, -0.05) is 22.5 Å². The number of halogens is 1. The highest BCUT2D eigenvalue weighted by Crippen LogP contribution is 2.44. The van der Waals surface area contributed by atoms with Gasteiger partial charge < -0.3 is 9.79 Å². The molecule has 0 aliphatic carbocycles. The third-order valence-electron chi connectivity index (χ3n) is 0.566. The van der Waals surface area contributed by atoms with Crippen molar-refractivity contribution in [2.75, 3.05) is 5.33 Å². The third-order valence-corrected chi connectivity index (χ3v) is 2.66. The Kier molecular flexibility index (Phi) is 2.91. The van der Waals surface area contributed by atoms with Crippen LogP contribution in [0.2, 0.25) is 0 Å². The predicted molar refractivity (Wildman–Crippen MR) is 35.0 cm³/mol. The molecular formula is C3H6BrO3P. The zero-order chi connectivity index (χ0) is 6.78. The van der Waals surface area contributed by atoms with Crippen LogP contribution in [0, 0.1) is 0 Å². The number of rotatable bonds is 2. The fourth-order valence-corrected chi connectivity index (χ4v) is 1.21. The lowest BCUT2D eigenvalue weighted by atomic mass is 10.8. The van der Waals surface area contributed by atoms with Gasteiger partial charge >= 0.3 is 7.60 Å². The summed E-state index contributed by atoms with van der Waals surface area (Å²) in [6.07, 6.45) is 0. The van der Waals surface area contributed by atoms with Crippen LogP contribution in [0.1, 0.15) is 0 Å². The quantitative estimate of drug-likeness (QED) is 0.518. The van der Waals surface area contributed by atoms with Crippen LogP contribution in [-0.4, -0.2) is 15.1 Å². The van der Waals surface area contributed by atoms with Crippen LogP contribution in [0.15, 0.2) is 11.9 Å². The molecule has 2 N–H and O–H groups in total. The Morgan fingerprint density at radius 2 is 2.12 bits per heavy atom. The van der Waals surface area contributed by atoms with E-state index in [-0.39, 0.29) is 10.6 Å². The molecule has 0 fully saturated rings. The highest BCUT2D eigenvalue weighted by molar-refractivity contribution is 9.09. The van der Waals surface area contributed by atoms with Gasteiger partial charge in [0.15, 0.2) is 0 Å². The van der Waals surface area contributed by atoms with E-state index in [1.165, 1.54) is 0 Å². The molecule has 0 atom stereocenters. The SMILES string of the molecule is C=C(CBr)P(=O)(O)O. The Hall–Kier alpha value is 0.370. The van der Waals surface area contributed by atoms with Crippen LogP contribution in [0.25, 0.3) is 0 Å². The summed E-state index contributed by atoms with van der Waals surface area (Å²) in [5.41, 5.74) is 0. The van der Waals surface area contributed by atoms with E-state index in [4.69, 9.17) is 9.79 Å². The minimum Gasteiger partial charge on any atom is -0.321 e. The summed E-state index contributed by atoms with van der Waals surface area (Å²) in [5.74, 6) is 0. The van der Waals surface area contributed by atoms with E-state index in [2.05, 4.69) is 22.5 Å². The standard InChI is InChI=1S/C3H6BrO3P/c1-3(2-4)8(5,6)7/h1-2H2,(H2,5,6,7). The molecule has 0 aliphatic heterocycles. The number of allylic oxidation sites excluding steroid dienone is 1. The molecule has 0 amide bonds. The maximum atomic E-state index is 10.1. The first-order valence-corrected chi connectivity index (χ1v) is 4.51. The molecule has 0 aromatic rings. The van der Waals surface area contributed by atoms with E-state index in [1.54, 1.807) is 0 Å². The average Bonchev–Trinajstić information content (AvgIpc) is 1.62. The lowest BCUT2D eigenvalue weighted by molar-refractivity contribution is 0.382. The molecule has 0 heterocycles. The highest BCUT2D eigenvalue weighted by Gasteiger charge is 2.15. The molecule has 3 nitrogen and oxygen atoms in total. The van der Waals surface area contributed by atoms with Crippen LogP contribution in [0.4, 0.5) is 0 Å². The van der Waals surface area contributed by atoms with Gasteiger partial charge in [-0.05, 0) is 0 Å². The van der Waals surface area contributed by atoms with E-state index in [0.29, 0.717) is 0 Å². The first-order valence-electron chi connectivity index (χ1n) is 1.78. The van der Waals surface area contributed by atoms with Crippen LogP contribution >= 0.6 is 23.5 Å². The summed E-state index contributed by atoms with van der Waals surface area (Å²) >= 11 is 2.86. The summed E-state index contributed by atoms with van der Waals surface area (Å²) in [7, 11) is -4.00. The molecule has 0 aliphatic rings. The van der Waals surface area contributed by atoms with Crippen molar-refractivity contribution < 1.29 is 14.4 Å². The Labute approximate surface area is 55.7 Å². The lowest BCUT2D eigenvalue weighted by Crippen LogP contribution is -1.82. The Morgan fingerprint density at radius 3 is 2.12 bits per heavy atom. The van der Waals surface area contributed by atoms with Gasteiger partial charge in [0.2, 0.25) is 0 Å². The Balaban J connectivity index is 4.04. The summed E-state index contributed by atoms with van der Waals surface area (Å²) in [4.78, 5) is 16.5. The summed E-state index contributed by atoms with van der Waals surface area (Å²) in [6.45, 7) is 3.13. The number of hydrogen-bond acceptors (Lipinski definition) is 1. The molecule has 0 spiro atoms. The van der Waals surface area contributed by atoms with Crippen molar-refractivity contribution in [3.8, 4) is 0 Å². The first-order chi connectivity index (χ1) is 3.48. The third kappa shape index (κ3) is 2.62. The molecule has 0 radical (unpaired) electrons. The molecule has 0 rings (SSSR count). The van der Waals surface area contributed by atoms with E-state index in [1.807, 2.05) is 0 Å². The largest absolute Gasteiger partial charge is 0.352 e. The minimum absolute atomic E-state index is 0.0856. The lowest BCUT2D eigenvalue weighted by Gasteiger charge is -2.00. The molecule has 0 unspecified atom stereocenters. The molecule has 0 saturated heterocycles. The zero-order valence-corrected chi connectivity index (χ0v) is 6.52. The van der Waals surface area contributed by atoms with Gasteiger partial charge in [-0.15, -0.1) is 0 Å². The normalized spacial score (nSPS) is 11.4. The van der Waals surface area contributed by atoms with Gasteiger partial charge in [-0.3, -0.25) is 4.57 Å². The zero-order valence-electron chi connectivity index (χ0n) is 4.04. The van der Waals surface area contributed by atoms with Gasteiger partial charge in [0.1, 0.15) is 0 Å². The molecule has 0 bridgehead atoms. The number of alkyl halides is 1. The van der Waals surface area contributed by atoms with Crippen molar-refractivity contribution in [1.82, 2.24) is 0 Å². The van der Waals surface area contributed by atoms with Gasteiger partial charge in [0.25, 0.3) is 0 Å². The second kappa shape index (κ2) is 2.78. The molecule has 0 aromatic heterocycles. The Bertz CT molecular complexity index is 137. The maximum absolute atomic E-state index is 10.1. The monoisotopic (exact) mass is 200 g/mol. The summed E-state index contributed by atoms with van der Waals surface area (Å²) in [6, 6.07) is 0. The van der Waals surface area contributed by atoms with Gasteiger partial charge in [0, 0.05) is 10.6 Å². The van der Waals surface area contributed by atoms with Gasteiger partial charge in [-0.25, -0.2) is 0 Å². The van der Waals surface area contributed by atoms with Crippen LogP contribution in [0.5, 0.6) is 0 Å². The van der Waals surface area contributed by atoms with E-state index >= 15 is 0 Å². The van der Waals surface area contributed by atoms with Crippen LogP contribution in [-0.2, 0) is 4.57 Å². The smallest absolute Gasteiger partial charge is 0.321 e. The first kappa shape index (κ1) is 8.37. The van der Waals surface area contributed by atoms with Gasteiger partial charge in [0.05, 0.1) is 0 Å². The fourth-order valence-electron chi connectivity index (χ4n) is 0.0778. The molecular weight excluding hydrogens is 195 g/mol. The fraction of sp³-hybridized carbons (Fsp3) is 0.333. The topological polar surface area (TPSA) is 57.5 Å². The van der Waals surface area contributed by atoms with E-state index in [9.17, 15) is 4.57 Å². The molecule has 0 aromatic carbocycles. The second-order valence-electron chi connectivity index (χ2n) is 1.24. The maximum Gasteiger partial charge on any atom is 0.352 e. The van der Waals surface area contributed by atoms with E-state index < -0.39 is 7.60 Å². The molecule has 0 saturated carbocycles. The Morgan fingerprint density at radius 1 is 1.75 bits per heavy atom. The summed E-state index contributed by atoms with van der Waals surface area (Å²) < 4.78 is 10.1. The van der Waals surface area contributed by atoms with Crippen molar-refractivity contribution in [2.24, 2.45) is 0 Å². The molecule has 48 valence electrons. The van der Waals surface area contributed by atoms with Crippen molar-refractivity contribution in [1.29, 1.82) is 0 Å². The molecule has 8 heavy (non-hydrogen) atoms. The predicted octanol–water partition coefficient (Wildman–Crippen LogP) is 1.07. The second-order valence-corrected chi connectivity index (χ2v) is 3.53. The van der Waals surface area contributed by atoms with Gasteiger partial charge in [-0.2, -0.15) is 0 Å².